The van der Waals surface area contributed by atoms with E-state index >= 15 is 0 Å². The fourth-order valence-electron chi connectivity index (χ4n) is 3.99. The molecule has 0 saturated carbocycles. The van der Waals surface area contributed by atoms with Crippen LogP contribution < -0.4 is 27.0 Å². The van der Waals surface area contributed by atoms with E-state index in [1.807, 2.05) is 24.3 Å². The van der Waals surface area contributed by atoms with Crippen molar-refractivity contribution >= 4 is 40.5 Å². The number of para-hydroxylation sites is 1. The minimum Gasteiger partial charge on any atom is -0.480 e. The molecule has 35 heavy (non-hydrogen) atoms. The Balaban J connectivity index is 1.72. The molecule has 3 rings (SSSR count). The van der Waals surface area contributed by atoms with Gasteiger partial charge in [-0.05, 0) is 37.9 Å². The predicted octanol–water partition coefficient (Wildman–Crippen LogP) is -1.10. The first kappa shape index (κ1) is 25.7. The number of H-pyrrole nitrogens is 1. The molecule has 188 valence electrons. The fraction of sp³-hybridized carbons (Fsp3) is 0.435. The lowest BCUT2D eigenvalue weighted by molar-refractivity contribution is -0.143. The van der Waals surface area contributed by atoms with Crippen LogP contribution in [0.15, 0.2) is 30.5 Å². The average Bonchev–Trinajstić information content (AvgIpc) is 3.48. The predicted molar refractivity (Wildman–Crippen MR) is 126 cm³/mol. The molecule has 12 nitrogen and oxygen atoms in total. The summed E-state index contributed by atoms with van der Waals surface area (Å²) in [6.45, 7) is 2.09. The van der Waals surface area contributed by atoms with Crippen LogP contribution in [0.2, 0.25) is 0 Å². The lowest BCUT2D eigenvalue weighted by atomic mass is 10.0. The van der Waals surface area contributed by atoms with E-state index in [2.05, 4.69) is 26.3 Å². The van der Waals surface area contributed by atoms with Crippen LogP contribution >= 0.6 is 0 Å². The standard InChI is InChI=1S/C23H30N6O6/c1-12(20(31)29-18(23(34)35)10-19(24)30)27-22(33)17(28-21(32)16-7-4-8-25-16)9-13-11-26-15-6-3-2-5-14(13)15/h2-3,5-6,11-12,16-18,25-26H,4,7-10H2,1H3,(H2,24,30)(H,27,33)(H,28,32)(H,29,31)(H,34,35). The highest BCUT2D eigenvalue weighted by Gasteiger charge is 2.31. The number of fused-ring (bicyclic) bond motifs is 1. The molecular weight excluding hydrogens is 456 g/mol. The third kappa shape index (κ3) is 6.79. The number of primary amides is 1. The quantitative estimate of drug-likeness (QED) is 0.209. The van der Waals surface area contributed by atoms with Gasteiger partial charge in [-0.1, -0.05) is 18.2 Å². The number of aromatic amines is 1. The molecule has 8 N–H and O–H groups in total. The van der Waals surface area contributed by atoms with Crippen molar-refractivity contribution < 1.29 is 29.1 Å². The van der Waals surface area contributed by atoms with Gasteiger partial charge in [-0.2, -0.15) is 0 Å². The second-order valence-corrected chi connectivity index (χ2v) is 8.57. The molecule has 4 atom stereocenters. The van der Waals surface area contributed by atoms with Crippen molar-refractivity contribution in [1.82, 2.24) is 26.3 Å². The normalized spacial score (nSPS) is 17.8. The van der Waals surface area contributed by atoms with Gasteiger partial charge in [0.05, 0.1) is 12.5 Å². The number of rotatable bonds is 11. The van der Waals surface area contributed by atoms with Crippen molar-refractivity contribution in [3.8, 4) is 0 Å². The van der Waals surface area contributed by atoms with E-state index < -0.39 is 54.3 Å². The van der Waals surface area contributed by atoms with E-state index in [-0.39, 0.29) is 12.3 Å². The highest BCUT2D eigenvalue weighted by molar-refractivity contribution is 5.95. The zero-order valence-corrected chi connectivity index (χ0v) is 19.3. The summed E-state index contributed by atoms with van der Waals surface area (Å²) in [7, 11) is 0. The zero-order chi connectivity index (χ0) is 25.5. The number of nitrogens with one attached hydrogen (secondary N) is 5. The maximum absolute atomic E-state index is 13.1. The average molecular weight is 487 g/mol. The Morgan fingerprint density at radius 2 is 1.83 bits per heavy atom. The lowest BCUT2D eigenvalue weighted by Gasteiger charge is -2.23. The van der Waals surface area contributed by atoms with Gasteiger partial charge in [0.2, 0.25) is 23.6 Å². The Labute approximate surface area is 201 Å². The summed E-state index contributed by atoms with van der Waals surface area (Å²) in [5, 5.41) is 20.7. The Kier molecular flexibility index (Phi) is 8.42. The molecule has 1 saturated heterocycles. The van der Waals surface area contributed by atoms with Gasteiger partial charge in [-0.15, -0.1) is 0 Å². The third-order valence-corrected chi connectivity index (χ3v) is 5.88. The smallest absolute Gasteiger partial charge is 0.326 e. The lowest BCUT2D eigenvalue weighted by Crippen LogP contribution is -2.57. The van der Waals surface area contributed by atoms with E-state index in [9.17, 15) is 29.1 Å². The number of carbonyl (C=O) groups excluding carboxylic acids is 4. The molecule has 4 amide bonds. The number of aliphatic carboxylic acids is 1. The molecule has 4 unspecified atom stereocenters. The first-order valence-electron chi connectivity index (χ1n) is 11.4. The number of amides is 4. The molecule has 1 aromatic carbocycles. The molecule has 0 radical (unpaired) electrons. The minimum atomic E-state index is -1.52. The number of carboxylic acid groups (broad SMARTS) is 1. The number of hydrogen-bond acceptors (Lipinski definition) is 6. The first-order chi connectivity index (χ1) is 16.7. The molecule has 0 spiro atoms. The Morgan fingerprint density at radius 1 is 1.09 bits per heavy atom. The van der Waals surface area contributed by atoms with Crippen LogP contribution in [0.5, 0.6) is 0 Å². The van der Waals surface area contributed by atoms with Gasteiger partial charge < -0.3 is 37.1 Å². The molecule has 0 aliphatic carbocycles. The fourth-order valence-corrected chi connectivity index (χ4v) is 3.99. The number of carboxylic acids is 1. The second-order valence-electron chi connectivity index (χ2n) is 8.57. The van der Waals surface area contributed by atoms with Gasteiger partial charge in [-0.25, -0.2) is 4.79 Å². The van der Waals surface area contributed by atoms with Crippen molar-refractivity contribution in [3.63, 3.8) is 0 Å². The molecule has 12 heteroatoms. The van der Waals surface area contributed by atoms with Crippen LogP contribution in [0.3, 0.4) is 0 Å². The molecule has 1 aliphatic heterocycles. The largest absolute Gasteiger partial charge is 0.480 e. The summed E-state index contributed by atoms with van der Waals surface area (Å²) < 4.78 is 0. The highest BCUT2D eigenvalue weighted by atomic mass is 16.4. The van der Waals surface area contributed by atoms with Gasteiger partial charge >= 0.3 is 5.97 Å². The SMILES string of the molecule is CC(NC(=O)C(Cc1c[nH]c2ccccc12)NC(=O)C1CCCN1)C(=O)NC(CC(N)=O)C(=O)O. The van der Waals surface area contributed by atoms with Crippen molar-refractivity contribution in [2.45, 2.75) is 56.8 Å². The van der Waals surface area contributed by atoms with E-state index in [1.54, 1.807) is 6.20 Å². The summed E-state index contributed by atoms with van der Waals surface area (Å²) >= 11 is 0. The number of benzene rings is 1. The summed E-state index contributed by atoms with van der Waals surface area (Å²) in [6.07, 6.45) is 2.85. The second kappa shape index (κ2) is 11.5. The van der Waals surface area contributed by atoms with Crippen LogP contribution in [-0.2, 0) is 30.4 Å². The van der Waals surface area contributed by atoms with Crippen molar-refractivity contribution in [2.24, 2.45) is 5.73 Å². The van der Waals surface area contributed by atoms with Gasteiger partial charge in [-0.3, -0.25) is 19.2 Å². The maximum Gasteiger partial charge on any atom is 0.326 e. The number of hydrogen-bond donors (Lipinski definition) is 7. The summed E-state index contributed by atoms with van der Waals surface area (Å²) in [5.74, 6) is -4.04. The highest BCUT2D eigenvalue weighted by Crippen LogP contribution is 2.19. The molecule has 1 fully saturated rings. The van der Waals surface area contributed by atoms with E-state index in [0.717, 1.165) is 22.9 Å². The maximum atomic E-state index is 13.1. The molecule has 1 aliphatic rings. The number of nitrogens with two attached hydrogens (primary N) is 1. The third-order valence-electron chi connectivity index (χ3n) is 5.88. The van der Waals surface area contributed by atoms with Crippen molar-refractivity contribution in [2.75, 3.05) is 6.54 Å². The topological polar surface area (TPSA) is 196 Å². The Bertz CT molecular complexity index is 1110. The Hall–Kier alpha value is -3.93. The van der Waals surface area contributed by atoms with E-state index in [0.29, 0.717) is 13.0 Å². The number of carbonyl (C=O) groups is 5. The van der Waals surface area contributed by atoms with Gasteiger partial charge in [0, 0.05) is 23.5 Å². The van der Waals surface area contributed by atoms with E-state index in [1.165, 1.54) is 6.92 Å². The summed E-state index contributed by atoms with van der Waals surface area (Å²) in [6, 6.07) is 3.50. The molecule has 0 bridgehead atoms. The van der Waals surface area contributed by atoms with Crippen LogP contribution in [0, 0.1) is 0 Å². The molecule has 1 aromatic heterocycles. The van der Waals surface area contributed by atoms with Crippen LogP contribution in [0.25, 0.3) is 10.9 Å². The number of aromatic nitrogens is 1. The van der Waals surface area contributed by atoms with Crippen LogP contribution in [0.1, 0.15) is 31.7 Å². The van der Waals surface area contributed by atoms with Crippen molar-refractivity contribution in [3.05, 3.63) is 36.0 Å². The Morgan fingerprint density at radius 3 is 2.49 bits per heavy atom. The van der Waals surface area contributed by atoms with Gasteiger partial charge in [0.1, 0.15) is 18.1 Å². The van der Waals surface area contributed by atoms with Crippen molar-refractivity contribution in [1.29, 1.82) is 0 Å². The molecule has 2 aromatic rings. The summed E-state index contributed by atoms with van der Waals surface area (Å²) in [4.78, 5) is 63.9. The van der Waals surface area contributed by atoms with Crippen LogP contribution in [0.4, 0.5) is 0 Å². The van der Waals surface area contributed by atoms with E-state index in [4.69, 9.17) is 5.73 Å². The van der Waals surface area contributed by atoms with Gasteiger partial charge in [0.25, 0.3) is 0 Å². The minimum absolute atomic E-state index is 0.169. The monoisotopic (exact) mass is 486 g/mol. The summed E-state index contributed by atoms with van der Waals surface area (Å²) in [5.41, 5.74) is 6.73. The van der Waals surface area contributed by atoms with Gasteiger partial charge in [0.15, 0.2) is 0 Å². The van der Waals surface area contributed by atoms with Crippen LogP contribution in [-0.4, -0.2) is 70.4 Å². The molecular formula is C23H30N6O6. The zero-order valence-electron chi connectivity index (χ0n) is 19.3. The molecule has 2 heterocycles. The first-order valence-corrected chi connectivity index (χ1v) is 11.4.